The van der Waals surface area contributed by atoms with Crippen LogP contribution in [0, 0.1) is 0 Å². The molecule has 11 heteroatoms. The average Bonchev–Trinajstić information content (AvgIpc) is 3.54. The molecule has 0 saturated carbocycles. The molecule has 1 atom stereocenters. The number of carbonyl (C=O) groups excluding carboxylic acids is 2. The lowest BCUT2D eigenvalue weighted by molar-refractivity contribution is -0.117. The predicted octanol–water partition coefficient (Wildman–Crippen LogP) is 6.38. The number of carbonyl (C=O) groups is 2. The molecule has 0 spiro atoms. The van der Waals surface area contributed by atoms with Crippen LogP contribution < -0.4 is 9.64 Å². The molecule has 8 nitrogen and oxygen atoms in total. The van der Waals surface area contributed by atoms with E-state index >= 15 is 0 Å². The Morgan fingerprint density at radius 2 is 1.85 bits per heavy atom. The van der Waals surface area contributed by atoms with Crippen LogP contribution in [0.1, 0.15) is 22.7 Å². The molecule has 0 radical (unpaired) electrons. The molecule has 4 aromatic rings. The number of ketones is 1. The number of aromatic nitrogens is 2. The van der Waals surface area contributed by atoms with E-state index in [0.717, 1.165) is 22.5 Å². The van der Waals surface area contributed by atoms with Crippen molar-refractivity contribution in [3.05, 3.63) is 112 Å². The number of rotatable bonds is 9. The summed E-state index contributed by atoms with van der Waals surface area (Å²) in [6.45, 7) is 0. The van der Waals surface area contributed by atoms with Gasteiger partial charge in [0.25, 0.3) is 5.91 Å². The van der Waals surface area contributed by atoms with Gasteiger partial charge in [-0.15, -0.1) is 10.2 Å². The molecule has 0 saturated heterocycles. The summed E-state index contributed by atoms with van der Waals surface area (Å²) < 4.78 is 5.84. The maximum absolute atomic E-state index is 13.4. The van der Waals surface area contributed by atoms with E-state index in [4.69, 9.17) is 16.3 Å². The van der Waals surface area contributed by atoms with Crippen LogP contribution in [-0.4, -0.2) is 39.2 Å². The third kappa shape index (κ3) is 5.60. The number of phenols is 1. The summed E-state index contributed by atoms with van der Waals surface area (Å²) in [6, 6.07) is 20.1. The smallest absolute Gasteiger partial charge is 0.296 e. The summed E-state index contributed by atoms with van der Waals surface area (Å²) in [5.41, 5.74) is 2.02. The van der Waals surface area contributed by atoms with Gasteiger partial charge in [-0.25, -0.2) is 0 Å². The summed E-state index contributed by atoms with van der Waals surface area (Å²) in [5, 5.41) is 30.4. The fraction of sp³-hybridized carbons (Fsp3) is 0.103. The third-order valence-electron chi connectivity index (χ3n) is 6.13. The minimum absolute atomic E-state index is 0.110. The highest BCUT2D eigenvalue weighted by Crippen LogP contribution is 2.45. The number of anilines is 1. The van der Waals surface area contributed by atoms with E-state index in [1.54, 1.807) is 12.1 Å². The topological polar surface area (TPSA) is 113 Å². The van der Waals surface area contributed by atoms with Crippen molar-refractivity contribution in [1.29, 1.82) is 0 Å². The van der Waals surface area contributed by atoms with Gasteiger partial charge in [0, 0.05) is 10.8 Å². The SMILES string of the molecule is COc1cc(C2C(C(=O)C=Cc3ccccc3)=C(O)C(=O)N2c2nnc(SCc3ccccc3Cl)s2)ccc1O. The number of phenolic OH excluding ortho intramolecular Hbond substituents is 1. The van der Waals surface area contributed by atoms with Crippen molar-refractivity contribution in [2.45, 2.75) is 16.1 Å². The zero-order valence-electron chi connectivity index (χ0n) is 21.0. The Hall–Kier alpha value is -4.12. The number of ether oxygens (including phenoxy) is 1. The minimum atomic E-state index is -1.04. The Morgan fingerprint density at radius 3 is 2.60 bits per heavy atom. The maximum atomic E-state index is 13.4. The second-order valence-electron chi connectivity index (χ2n) is 8.61. The highest BCUT2D eigenvalue weighted by molar-refractivity contribution is 8.00. The molecule has 5 rings (SSSR count). The predicted molar refractivity (Wildman–Crippen MR) is 156 cm³/mol. The van der Waals surface area contributed by atoms with E-state index in [0.29, 0.717) is 20.7 Å². The summed E-state index contributed by atoms with van der Waals surface area (Å²) in [5.74, 6) is -1.43. The van der Waals surface area contributed by atoms with Crippen LogP contribution >= 0.6 is 34.7 Å². The molecule has 1 aromatic heterocycles. The molecule has 1 amide bonds. The first kappa shape index (κ1) is 27.4. The Kier molecular flexibility index (Phi) is 8.20. The van der Waals surface area contributed by atoms with Gasteiger partial charge < -0.3 is 14.9 Å². The molecule has 1 aliphatic heterocycles. The van der Waals surface area contributed by atoms with Gasteiger partial charge in [0.1, 0.15) is 0 Å². The molecule has 202 valence electrons. The zero-order valence-corrected chi connectivity index (χ0v) is 23.4. The summed E-state index contributed by atoms with van der Waals surface area (Å²) in [7, 11) is 1.39. The Labute approximate surface area is 243 Å². The fourth-order valence-corrected chi connectivity index (χ4v) is 6.33. The molecule has 1 unspecified atom stereocenters. The van der Waals surface area contributed by atoms with E-state index in [1.165, 1.54) is 42.0 Å². The number of hydrogen-bond donors (Lipinski definition) is 2. The highest BCUT2D eigenvalue weighted by Gasteiger charge is 2.45. The number of methoxy groups -OCH3 is 1. The summed E-state index contributed by atoms with van der Waals surface area (Å²) in [6.07, 6.45) is 2.92. The van der Waals surface area contributed by atoms with E-state index in [2.05, 4.69) is 10.2 Å². The number of hydrogen-bond acceptors (Lipinski definition) is 9. The molecule has 0 aliphatic carbocycles. The summed E-state index contributed by atoms with van der Waals surface area (Å²) >= 11 is 8.82. The van der Waals surface area contributed by atoms with Crippen molar-refractivity contribution in [1.82, 2.24) is 10.2 Å². The van der Waals surface area contributed by atoms with Crippen molar-refractivity contribution >= 4 is 57.6 Å². The Morgan fingerprint density at radius 1 is 1.10 bits per heavy atom. The van der Waals surface area contributed by atoms with E-state index in [1.807, 2.05) is 54.6 Å². The van der Waals surface area contributed by atoms with Gasteiger partial charge in [-0.05, 0) is 41.0 Å². The minimum Gasteiger partial charge on any atom is -0.504 e. The van der Waals surface area contributed by atoms with Crippen molar-refractivity contribution in [3.63, 3.8) is 0 Å². The van der Waals surface area contributed by atoms with Crippen molar-refractivity contribution in [2.24, 2.45) is 0 Å². The van der Waals surface area contributed by atoms with Gasteiger partial charge in [-0.3, -0.25) is 14.5 Å². The van der Waals surface area contributed by atoms with E-state index in [-0.39, 0.29) is 22.2 Å². The van der Waals surface area contributed by atoms with Gasteiger partial charge >= 0.3 is 0 Å². The number of nitrogens with zero attached hydrogens (tertiary/aromatic N) is 3. The van der Waals surface area contributed by atoms with Crippen molar-refractivity contribution in [2.75, 3.05) is 12.0 Å². The van der Waals surface area contributed by atoms with Gasteiger partial charge in [-0.1, -0.05) is 95.4 Å². The lowest BCUT2D eigenvalue weighted by Crippen LogP contribution is -2.30. The number of allylic oxidation sites excluding steroid dienone is 1. The number of thioether (sulfide) groups is 1. The third-order valence-corrected chi connectivity index (χ3v) is 8.60. The number of amides is 1. The van der Waals surface area contributed by atoms with Crippen LogP contribution in [0.15, 0.2) is 94.5 Å². The second kappa shape index (κ2) is 12.0. The van der Waals surface area contributed by atoms with Crippen LogP contribution in [0.4, 0.5) is 5.13 Å². The van der Waals surface area contributed by atoms with Crippen LogP contribution in [0.25, 0.3) is 6.08 Å². The quantitative estimate of drug-likeness (QED) is 0.131. The highest BCUT2D eigenvalue weighted by atomic mass is 35.5. The number of aliphatic hydroxyl groups excluding tert-OH is 1. The standard InChI is InChI=1S/C29H22ClN3O5S2/c1-38-23-15-18(12-14-21(23)34)25-24(22(35)13-11-17-7-3-2-4-8-17)26(36)27(37)33(25)28-31-32-29(40-28)39-16-19-9-5-6-10-20(19)30/h2-15,25,34,36H,16H2,1H3. The molecule has 2 N–H and O–H groups in total. The van der Waals surface area contributed by atoms with Gasteiger partial charge in [-0.2, -0.15) is 0 Å². The molecule has 1 aliphatic rings. The second-order valence-corrected chi connectivity index (χ2v) is 11.2. The molecular weight excluding hydrogens is 570 g/mol. The van der Waals surface area contributed by atoms with Crippen LogP contribution in [-0.2, 0) is 15.3 Å². The zero-order chi connectivity index (χ0) is 28.2. The van der Waals surface area contributed by atoms with Gasteiger partial charge in [0.2, 0.25) is 5.13 Å². The molecule has 0 fully saturated rings. The first-order valence-corrected chi connectivity index (χ1v) is 14.2. The molecule has 3 aromatic carbocycles. The molecule has 2 heterocycles. The van der Waals surface area contributed by atoms with E-state index in [9.17, 15) is 19.8 Å². The monoisotopic (exact) mass is 591 g/mol. The van der Waals surface area contributed by atoms with Crippen LogP contribution in [0.3, 0.4) is 0 Å². The van der Waals surface area contributed by atoms with Gasteiger partial charge in [0.15, 0.2) is 27.4 Å². The number of aliphatic hydroxyl groups is 1. The average molecular weight is 592 g/mol. The largest absolute Gasteiger partial charge is 0.504 e. The van der Waals surface area contributed by atoms with Crippen LogP contribution in [0.5, 0.6) is 11.5 Å². The summed E-state index contributed by atoms with van der Waals surface area (Å²) in [4.78, 5) is 28.1. The number of benzene rings is 3. The first-order valence-electron chi connectivity index (χ1n) is 12.0. The fourth-order valence-electron chi connectivity index (χ4n) is 4.17. The normalized spacial score (nSPS) is 15.3. The van der Waals surface area contributed by atoms with Crippen molar-refractivity contribution < 1.29 is 24.5 Å². The maximum Gasteiger partial charge on any atom is 0.296 e. The Balaban J connectivity index is 1.50. The first-order chi connectivity index (χ1) is 19.4. The van der Waals surface area contributed by atoms with Crippen molar-refractivity contribution in [3.8, 4) is 11.5 Å². The lowest BCUT2D eigenvalue weighted by Gasteiger charge is -2.24. The van der Waals surface area contributed by atoms with Crippen LogP contribution in [0.2, 0.25) is 5.02 Å². The number of halogens is 1. The Bertz CT molecular complexity index is 1640. The van der Waals surface area contributed by atoms with Gasteiger partial charge in [0.05, 0.1) is 18.7 Å². The molecule has 40 heavy (non-hydrogen) atoms. The number of aromatic hydroxyl groups is 1. The van der Waals surface area contributed by atoms with E-state index < -0.39 is 23.5 Å². The molecule has 0 bridgehead atoms. The lowest BCUT2D eigenvalue weighted by atomic mass is 9.95. The molecular formula is C29H22ClN3O5S2.